The van der Waals surface area contributed by atoms with Gasteiger partial charge < -0.3 is 29.5 Å². The fourth-order valence-electron chi connectivity index (χ4n) is 5.80. The summed E-state index contributed by atoms with van der Waals surface area (Å²) in [5.41, 5.74) is 2.05. The lowest BCUT2D eigenvalue weighted by Crippen LogP contribution is -2.58. The van der Waals surface area contributed by atoms with Crippen molar-refractivity contribution < 1.29 is 23.9 Å². The van der Waals surface area contributed by atoms with Gasteiger partial charge in [0, 0.05) is 51.7 Å². The van der Waals surface area contributed by atoms with Crippen LogP contribution in [0.5, 0.6) is 0 Å². The molecule has 210 valence electrons. The maximum atomic E-state index is 14.1. The normalized spacial score (nSPS) is 20.6. The van der Waals surface area contributed by atoms with E-state index in [2.05, 4.69) is 5.32 Å². The van der Waals surface area contributed by atoms with Crippen molar-refractivity contribution in [3.8, 4) is 0 Å². The van der Waals surface area contributed by atoms with E-state index in [-0.39, 0.29) is 36.2 Å². The van der Waals surface area contributed by atoms with Gasteiger partial charge in [0.25, 0.3) is 11.8 Å². The lowest BCUT2D eigenvalue weighted by atomic mass is 10.00. The van der Waals surface area contributed by atoms with Gasteiger partial charge in [-0.25, -0.2) is 0 Å². The molecule has 2 fully saturated rings. The molecule has 2 aliphatic heterocycles. The largest absolute Gasteiger partial charge is 0.378 e. The summed E-state index contributed by atoms with van der Waals surface area (Å²) >= 11 is 0. The van der Waals surface area contributed by atoms with Crippen LogP contribution in [0.2, 0.25) is 0 Å². The van der Waals surface area contributed by atoms with E-state index in [1.807, 2.05) is 63.2 Å². The SMILES string of the molecule is COC1(OC)CN(C(=O)c2ccccc2)C2CCN(C(=O)[C@H](CC(C)C)NC(=O)c3ccc(N(C)C)cc3)C21. The summed E-state index contributed by atoms with van der Waals surface area (Å²) < 4.78 is 11.8. The monoisotopic (exact) mass is 536 g/mol. The van der Waals surface area contributed by atoms with Crippen molar-refractivity contribution in [1.29, 1.82) is 0 Å². The van der Waals surface area contributed by atoms with Crippen LogP contribution < -0.4 is 10.2 Å². The molecule has 0 saturated carbocycles. The van der Waals surface area contributed by atoms with Gasteiger partial charge in [-0.2, -0.15) is 0 Å². The molecule has 9 heteroatoms. The summed E-state index contributed by atoms with van der Waals surface area (Å²) in [7, 11) is 6.96. The molecule has 1 N–H and O–H groups in total. The first-order valence-electron chi connectivity index (χ1n) is 13.5. The first-order chi connectivity index (χ1) is 18.6. The Labute approximate surface area is 231 Å². The lowest BCUT2D eigenvalue weighted by Gasteiger charge is -2.38. The minimum atomic E-state index is -1.17. The van der Waals surface area contributed by atoms with E-state index in [1.54, 1.807) is 48.3 Å². The second-order valence-corrected chi connectivity index (χ2v) is 10.9. The fourth-order valence-corrected chi connectivity index (χ4v) is 5.80. The Hall–Kier alpha value is -3.43. The highest BCUT2D eigenvalue weighted by atomic mass is 16.7. The van der Waals surface area contributed by atoms with Gasteiger partial charge in [-0.15, -0.1) is 0 Å². The van der Waals surface area contributed by atoms with Crippen LogP contribution in [-0.4, -0.2) is 92.8 Å². The zero-order chi connectivity index (χ0) is 28.3. The summed E-state index contributed by atoms with van der Waals surface area (Å²) in [6.45, 7) is 4.68. The third-order valence-electron chi connectivity index (χ3n) is 7.82. The summed E-state index contributed by atoms with van der Waals surface area (Å²) in [4.78, 5) is 46.3. The second kappa shape index (κ2) is 11.8. The van der Waals surface area contributed by atoms with Crippen LogP contribution >= 0.6 is 0 Å². The van der Waals surface area contributed by atoms with E-state index in [0.717, 1.165) is 5.69 Å². The number of fused-ring (bicyclic) bond motifs is 1. The lowest BCUT2D eigenvalue weighted by molar-refractivity contribution is -0.222. The van der Waals surface area contributed by atoms with Crippen molar-refractivity contribution in [2.24, 2.45) is 5.92 Å². The summed E-state index contributed by atoms with van der Waals surface area (Å²) in [5.74, 6) is -1.61. The summed E-state index contributed by atoms with van der Waals surface area (Å²) in [5, 5.41) is 2.99. The molecule has 2 aliphatic rings. The highest BCUT2D eigenvalue weighted by molar-refractivity contribution is 5.98. The minimum absolute atomic E-state index is 0.121. The number of hydrogen-bond donors (Lipinski definition) is 1. The Bertz CT molecular complexity index is 1160. The quantitative estimate of drug-likeness (QED) is 0.496. The van der Waals surface area contributed by atoms with Crippen LogP contribution in [0.25, 0.3) is 0 Å². The zero-order valence-electron chi connectivity index (χ0n) is 23.7. The highest BCUT2D eigenvalue weighted by Gasteiger charge is 2.61. The molecular formula is C30H40N4O5. The van der Waals surface area contributed by atoms with Crippen molar-refractivity contribution in [3.63, 3.8) is 0 Å². The van der Waals surface area contributed by atoms with Gasteiger partial charge in [0.2, 0.25) is 11.7 Å². The molecule has 2 aromatic rings. The average Bonchev–Trinajstić information content (AvgIpc) is 3.52. The average molecular weight is 537 g/mol. The van der Waals surface area contributed by atoms with Gasteiger partial charge >= 0.3 is 0 Å². The predicted octanol–water partition coefficient (Wildman–Crippen LogP) is 3.01. The molecule has 0 aliphatic carbocycles. The van der Waals surface area contributed by atoms with Crippen molar-refractivity contribution in [1.82, 2.24) is 15.1 Å². The molecule has 4 rings (SSSR count). The van der Waals surface area contributed by atoms with Gasteiger partial charge in [0.05, 0.1) is 12.6 Å². The number of carbonyl (C=O) groups is 3. The van der Waals surface area contributed by atoms with Crippen LogP contribution in [0.1, 0.15) is 47.4 Å². The van der Waals surface area contributed by atoms with E-state index in [0.29, 0.717) is 30.5 Å². The zero-order valence-corrected chi connectivity index (χ0v) is 23.7. The van der Waals surface area contributed by atoms with Crippen LogP contribution in [0, 0.1) is 5.92 Å². The van der Waals surface area contributed by atoms with Crippen molar-refractivity contribution >= 4 is 23.4 Å². The van der Waals surface area contributed by atoms with Gasteiger partial charge in [-0.05, 0) is 55.2 Å². The Balaban J connectivity index is 1.58. The Morgan fingerprint density at radius 3 is 2.18 bits per heavy atom. The third kappa shape index (κ3) is 5.65. The molecule has 0 bridgehead atoms. The van der Waals surface area contributed by atoms with Crippen molar-refractivity contribution in [3.05, 3.63) is 65.7 Å². The van der Waals surface area contributed by atoms with E-state index in [9.17, 15) is 14.4 Å². The molecule has 2 heterocycles. The molecule has 2 unspecified atom stereocenters. The smallest absolute Gasteiger partial charge is 0.254 e. The maximum absolute atomic E-state index is 14.1. The van der Waals surface area contributed by atoms with Crippen LogP contribution in [0.15, 0.2) is 54.6 Å². The van der Waals surface area contributed by atoms with E-state index >= 15 is 0 Å². The maximum Gasteiger partial charge on any atom is 0.254 e. The number of benzene rings is 2. The predicted molar refractivity (Wildman–Crippen MR) is 150 cm³/mol. The highest BCUT2D eigenvalue weighted by Crippen LogP contribution is 2.41. The number of rotatable bonds is 9. The molecule has 3 atom stereocenters. The topological polar surface area (TPSA) is 91.4 Å². The number of ether oxygens (including phenoxy) is 2. The number of hydrogen-bond acceptors (Lipinski definition) is 6. The molecule has 0 radical (unpaired) electrons. The van der Waals surface area contributed by atoms with Gasteiger partial charge in [-0.1, -0.05) is 32.0 Å². The number of nitrogens with one attached hydrogen (secondary N) is 1. The number of likely N-dealkylation sites (tertiary alicyclic amines) is 2. The molecule has 0 spiro atoms. The molecule has 3 amide bonds. The molecule has 39 heavy (non-hydrogen) atoms. The van der Waals surface area contributed by atoms with Gasteiger partial charge in [0.15, 0.2) is 0 Å². The van der Waals surface area contributed by atoms with Crippen LogP contribution in [0.3, 0.4) is 0 Å². The van der Waals surface area contributed by atoms with Crippen LogP contribution in [0.4, 0.5) is 5.69 Å². The number of methoxy groups -OCH3 is 2. The first-order valence-corrected chi connectivity index (χ1v) is 13.5. The molecule has 2 aromatic carbocycles. The Morgan fingerprint density at radius 2 is 1.62 bits per heavy atom. The number of amides is 3. The summed E-state index contributed by atoms with van der Waals surface area (Å²) in [6, 6.07) is 14.9. The molecule has 2 saturated heterocycles. The number of carbonyl (C=O) groups excluding carboxylic acids is 3. The number of anilines is 1. The van der Waals surface area contributed by atoms with Crippen molar-refractivity contribution in [2.75, 3.05) is 46.3 Å². The van der Waals surface area contributed by atoms with Crippen LogP contribution in [-0.2, 0) is 14.3 Å². The second-order valence-electron chi connectivity index (χ2n) is 10.9. The molecule has 9 nitrogen and oxygen atoms in total. The fraction of sp³-hybridized carbons (Fsp3) is 0.500. The van der Waals surface area contributed by atoms with Gasteiger partial charge in [-0.3, -0.25) is 14.4 Å². The number of nitrogens with zero attached hydrogens (tertiary/aromatic N) is 3. The minimum Gasteiger partial charge on any atom is -0.378 e. The third-order valence-corrected chi connectivity index (χ3v) is 7.82. The first kappa shape index (κ1) is 28.6. The van der Waals surface area contributed by atoms with E-state index in [1.165, 1.54) is 0 Å². The standard InChI is InChI=1S/C30H40N4O5/c1-20(2)18-24(31-27(35)21-12-14-23(15-13-21)32(3)4)29(37)33-17-16-25-26(33)30(38-5,39-6)19-34(25)28(36)22-10-8-7-9-11-22/h7-15,20,24-26H,16-19H2,1-6H3,(H,31,35)/t24-,25?,26?/m0/s1. The molecule has 0 aromatic heterocycles. The molecular weight excluding hydrogens is 496 g/mol. The van der Waals surface area contributed by atoms with Crippen molar-refractivity contribution in [2.45, 2.75) is 50.6 Å². The van der Waals surface area contributed by atoms with E-state index in [4.69, 9.17) is 9.47 Å². The van der Waals surface area contributed by atoms with Gasteiger partial charge in [0.1, 0.15) is 12.1 Å². The Morgan fingerprint density at radius 1 is 0.974 bits per heavy atom. The van der Waals surface area contributed by atoms with E-state index < -0.39 is 17.9 Å². The Kier molecular flexibility index (Phi) is 8.61. The summed E-state index contributed by atoms with van der Waals surface area (Å²) in [6.07, 6.45) is 1.08.